The largest absolute Gasteiger partial charge is 0.324 e. The number of aryl methyl sites for hydroxylation is 2. The number of benzene rings is 2. The van der Waals surface area contributed by atoms with Crippen LogP contribution >= 0.6 is 23.1 Å². The van der Waals surface area contributed by atoms with Gasteiger partial charge in [0.05, 0.1) is 22.0 Å². The second kappa shape index (κ2) is 11.9. The van der Waals surface area contributed by atoms with Gasteiger partial charge in [-0.25, -0.2) is 24.0 Å². The van der Waals surface area contributed by atoms with Gasteiger partial charge in [-0.1, -0.05) is 17.4 Å². The fourth-order valence-corrected chi connectivity index (χ4v) is 5.45. The van der Waals surface area contributed by atoms with Gasteiger partial charge >= 0.3 is 0 Å². The van der Waals surface area contributed by atoms with Crippen LogP contribution in [0.5, 0.6) is 0 Å². The summed E-state index contributed by atoms with van der Waals surface area (Å²) >= 11 is 2.77. The predicted octanol–water partition coefficient (Wildman–Crippen LogP) is 6.22. The Labute approximate surface area is 243 Å². The molecule has 3 aromatic heterocycles. The summed E-state index contributed by atoms with van der Waals surface area (Å²) in [5.74, 6) is -0.556. The molecule has 2 amide bonds. The van der Waals surface area contributed by atoms with Crippen LogP contribution in [0.15, 0.2) is 65.8 Å². The Kier molecular flexibility index (Phi) is 8.08. The van der Waals surface area contributed by atoms with E-state index >= 15 is 0 Å². The molecule has 5 aromatic rings. The van der Waals surface area contributed by atoms with Crippen LogP contribution < -0.4 is 16.0 Å². The van der Waals surface area contributed by atoms with Crippen LogP contribution in [-0.2, 0) is 4.79 Å². The van der Waals surface area contributed by atoms with E-state index in [-0.39, 0.29) is 23.3 Å². The van der Waals surface area contributed by atoms with Crippen LogP contribution in [0.3, 0.4) is 0 Å². The third kappa shape index (κ3) is 6.42. The number of aromatic nitrogens is 5. The topological polar surface area (TPSA) is 127 Å². The Bertz CT molecular complexity index is 1750. The van der Waals surface area contributed by atoms with Crippen molar-refractivity contribution in [1.82, 2.24) is 24.7 Å². The van der Waals surface area contributed by atoms with Gasteiger partial charge in [-0.3, -0.25) is 9.59 Å². The molecule has 10 nitrogen and oxygen atoms in total. The minimum atomic E-state index is -0.384. The molecule has 0 bridgehead atoms. The van der Waals surface area contributed by atoms with Gasteiger partial charge in [0.1, 0.15) is 10.8 Å². The molecule has 3 heterocycles. The molecule has 0 atom stereocenters. The number of nitrogens with one attached hydrogen (secondary N) is 3. The highest BCUT2D eigenvalue weighted by molar-refractivity contribution is 7.98. The number of thiazole rings is 1. The van der Waals surface area contributed by atoms with Crippen molar-refractivity contribution in [2.45, 2.75) is 25.8 Å². The van der Waals surface area contributed by atoms with E-state index in [0.717, 1.165) is 21.2 Å². The lowest BCUT2D eigenvalue weighted by atomic mass is 10.1. The van der Waals surface area contributed by atoms with E-state index in [9.17, 15) is 14.0 Å². The second-order valence-corrected chi connectivity index (χ2v) is 10.8. The van der Waals surface area contributed by atoms with Gasteiger partial charge in [0.15, 0.2) is 10.8 Å². The van der Waals surface area contributed by atoms with Crippen LogP contribution in [0.2, 0.25) is 0 Å². The summed E-state index contributed by atoms with van der Waals surface area (Å²) in [6, 6.07) is 14.9. The summed E-state index contributed by atoms with van der Waals surface area (Å²) < 4.78 is 15.0. The highest BCUT2D eigenvalue weighted by Gasteiger charge is 2.17. The molecule has 0 saturated heterocycles. The fraction of sp³-hybridized carbons (Fsp3) is 0.143. The summed E-state index contributed by atoms with van der Waals surface area (Å²) in [6.45, 7) is 5.22. The Hall–Kier alpha value is -4.62. The standard InChI is InChI=1S/C28H25FN8O2S2/c1-15-5-8-19(33-26(39)23-14-24(40-4)37(36-23)20-9-6-18(29)7-10-20)13-22(15)35-27-30-12-11-21(34-27)25-16(2)31-28(41-25)32-17(3)38/h5-14H,1-4H3,(H,33,39)(H,30,34,35)(H,31,32,38). The van der Waals surface area contributed by atoms with E-state index in [2.05, 4.69) is 36.0 Å². The van der Waals surface area contributed by atoms with Gasteiger partial charge in [0.25, 0.3) is 5.91 Å². The van der Waals surface area contributed by atoms with Crippen molar-refractivity contribution in [2.75, 3.05) is 22.2 Å². The fourth-order valence-electron chi connectivity index (χ4n) is 3.92. The van der Waals surface area contributed by atoms with E-state index in [4.69, 9.17) is 0 Å². The molecular weight excluding hydrogens is 563 g/mol. The maximum absolute atomic E-state index is 13.4. The van der Waals surface area contributed by atoms with Gasteiger partial charge in [0, 0.05) is 30.6 Å². The molecule has 2 aromatic carbocycles. The summed E-state index contributed by atoms with van der Waals surface area (Å²) in [7, 11) is 0. The van der Waals surface area contributed by atoms with Gasteiger partial charge in [-0.2, -0.15) is 5.10 Å². The summed E-state index contributed by atoms with van der Waals surface area (Å²) in [5, 5.41) is 14.5. The third-order valence-corrected chi connectivity index (χ3v) is 7.70. The minimum Gasteiger partial charge on any atom is -0.324 e. The first-order chi connectivity index (χ1) is 19.7. The molecule has 0 aliphatic carbocycles. The monoisotopic (exact) mass is 588 g/mol. The zero-order valence-corrected chi connectivity index (χ0v) is 24.2. The average molecular weight is 589 g/mol. The van der Waals surface area contributed by atoms with Crippen molar-refractivity contribution >= 4 is 57.4 Å². The van der Waals surface area contributed by atoms with Gasteiger partial charge in [-0.05, 0) is 68.1 Å². The molecule has 3 N–H and O–H groups in total. The van der Waals surface area contributed by atoms with Gasteiger partial charge in [0.2, 0.25) is 11.9 Å². The minimum absolute atomic E-state index is 0.191. The van der Waals surface area contributed by atoms with Crippen LogP contribution in [0.4, 0.5) is 26.8 Å². The smallest absolute Gasteiger partial charge is 0.276 e. The summed E-state index contributed by atoms with van der Waals surface area (Å²) in [6.07, 6.45) is 3.52. The van der Waals surface area contributed by atoms with Crippen LogP contribution in [0.1, 0.15) is 28.7 Å². The predicted molar refractivity (Wildman–Crippen MR) is 160 cm³/mol. The summed E-state index contributed by atoms with van der Waals surface area (Å²) in [5.41, 5.74) is 4.47. The first kappa shape index (κ1) is 27.9. The maximum Gasteiger partial charge on any atom is 0.276 e. The molecule has 41 heavy (non-hydrogen) atoms. The number of carbonyl (C=O) groups is 2. The number of rotatable bonds is 8. The number of thioether (sulfide) groups is 1. The van der Waals surface area contributed by atoms with E-state index in [1.54, 1.807) is 47.3 Å². The van der Waals surface area contributed by atoms with Crippen molar-refractivity contribution in [2.24, 2.45) is 0 Å². The van der Waals surface area contributed by atoms with Crippen molar-refractivity contribution in [3.05, 3.63) is 83.6 Å². The lowest BCUT2D eigenvalue weighted by molar-refractivity contribution is -0.114. The first-order valence-corrected chi connectivity index (χ1v) is 14.4. The number of carbonyl (C=O) groups excluding carboxylic acids is 2. The normalized spacial score (nSPS) is 10.9. The summed E-state index contributed by atoms with van der Waals surface area (Å²) in [4.78, 5) is 38.7. The molecular formula is C28H25FN8O2S2. The molecule has 13 heteroatoms. The van der Waals surface area contributed by atoms with Crippen molar-refractivity contribution in [1.29, 1.82) is 0 Å². The Morgan fingerprint density at radius 1 is 1.00 bits per heavy atom. The third-order valence-electron chi connectivity index (χ3n) is 5.90. The number of hydrogen-bond acceptors (Lipinski definition) is 9. The number of halogens is 1. The average Bonchev–Trinajstić information content (AvgIpc) is 3.54. The molecule has 208 valence electrons. The van der Waals surface area contributed by atoms with E-state index < -0.39 is 0 Å². The molecule has 0 fully saturated rings. The lowest BCUT2D eigenvalue weighted by Gasteiger charge is -2.11. The van der Waals surface area contributed by atoms with Crippen molar-refractivity contribution in [3.8, 4) is 16.3 Å². The lowest BCUT2D eigenvalue weighted by Crippen LogP contribution is -2.13. The molecule has 0 unspecified atom stereocenters. The molecule has 0 saturated carbocycles. The Morgan fingerprint density at radius 2 is 1.78 bits per heavy atom. The number of anilines is 4. The molecule has 0 radical (unpaired) electrons. The van der Waals surface area contributed by atoms with E-state index in [1.807, 2.05) is 26.2 Å². The first-order valence-electron chi connectivity index (χ1n) is 12.4. The van der Waals surface area contributed by atoms with Crippen LogP contribution in [0.25, 0.3) is 16.3 Å². The van der Waals surface area contributed by atoms with Crippen molar-refractivity contribution in [3.63, 3.8) is 0 Å². The highest BCUT2D eigenvalue weighted by Crippen LogP contribution is 2.32. The molecule has 5 rings (SSSR count). The molecule has 0 aliphatic rings. The molecule has 0 spiro atoms. The SMILES string of the molecule is CSc1cc(C(=O)Nc2ccc(C)c(Nc3nccc(-c4sc(NC(C)=O)nc4C)n3)c2)nn1-c1ccc(F)cc1. The molecule has 0 aliphatic heterocycles. The highest BCUT2D eigenvalue weighted by atomic mass is 32.2. The number of nitrogens with zero attached hydrogens (tertiary/aromatic N) is 5. The van der Waals surface area contributed by atoms with Gasteiger partial charge in [-0.15, -0.1) is 11.8 Å². The number of hydrogen-bond donors (Lipinski definition) is 3. The Balaban J connectivity index is 1.34. The van der Waals surface area contributed by atoms with Crippen molar-refractivity contribution < 1.29 is 14.0 Å². The van der Waals surface area contributed by atoms with Crippen LogP contribution in [-0.4, -0.2) is 42.8 Å². The second-order valence-electron chi connectivity index (χ2n) is 8.95. The zero-order valence-electron chi connectivity index (χ0n) is 22.5. The quantitative estimate of drug-likeness (QED) is 0.183. The van der Waals surface area contributed by atoms with E-state index in [1.165, 1.54) is 42.2 Å². The van der Waals surface area contributed by atoms with Gasteiger partial charge < -0.3 is 16.0 Å². The zero-order chi connectivity index (χ0) is 29.1. The van der Waals surface area contributed by atoms with E-state index in [0.29, 0.717) is 33.8 Å². The van der Waals surface area contributed by atoms with Crippen LogP contribution in [0, 0.1) is 19.7 Å². The maximum atomic E-state index is 13.4. The number of amides is 2. The Morgan fingerprint density at radius 3 is 2.51 bits per heavy atom.